The fraction of sp³-hybridized carbons (Fsp3) is 0.429. The number of amides is 1. The number of hydrogen-bond acceptors (Lipinski definition) is 6. The van der Waals surface area contributed by atoms with Gasteiger partial charge in [-0.1, -0.05) is 0 Å². The molecule has 116 valence electrons. The maximum absolute atomic E-state index is 11.8. The standard InChI is InChI=1S/C14H18N6O2/c1-20-8-15-7-10(20)13-9(3-4-11(21)18-13)17-14-16-6-5-12(19-14)22-2/h5-9,13H,3-4H2,1-2H3,(H,18,21)(H,16,17,19)/t9-,13-/m1/s1. The number of rotatable bonds is 4. The first-order valence-corrected chi connectivity index (χ1v) is 7.06. The van der Waals surface area contributed by atoms with Crippen molar-refractivity contribution in [2.45, 2.75) is 24.9 Å². The predicted molar refractivity (Wildman–Crippen MR) is 79.3 cm³/mol. The summed E-state index contributed by atoms with van der Waals surface area (Å²) in [5.74, 6) is 1.01. The Labute approximate surface area is 127 Å². The van der Waals surface area contributed by atoms with E-state index in [1.54, 1.807) is 31.9 Å². The highest BCUT2D eigenvalue weighted by Crippen LogP contribution is 2.26. The van der Waals surface area contributed by atoms with Crippen LogP contribution in [0, 0.1) is 0 Å². The second-order valence-electron chi connectivity index (χ2n) is 5.19. The van der Waals surface area contributed by atoms with Gasteiger partial charge in [-0.2, -0.15) is 4.98 Å². The lowest BCUT2D eigenvalue weighted by Crippen LogP contribution is -2.46. The highest BCUT2D eigenvalue weighted by Gasteiger charge is 2.32. The molecule has 3 rings (SSSR count). The lowest BCUT2D eigenvalue weighted by Gasteiger charge is -2.32. The molecule has 2 aromatic rings. The van der Waals surface area contributed by atoms with Crippen LogP contribution in [0.3, 0.4) is 0 Å². The zero-order valence-electron chi connectivity index (χ0n) is 12.5. The van der Waals surface area contributed by atoms with Gasteiger partial charge in [-0.3, -0.25) is 4.79 Å². The van der Waals surface area contributed by atoms with Crippen LogP contribution in [0.4, 0.5) is 5.95 Å². The Balaban J connectivity index is 1.83. The van der Waals surface area contributed by atoms with Crippen molar-refractivity contribution in [3.8, 4) is 5.88 Å². The molecule has 0 bridgehead atoms. The molecular weight excluding hydrogens is 284 g/mol. The summed E-state index contributed by atoms with van der Waals surface area (Å²) < 4.78 is 7.00. The van der Waals surface area contributed by atoms with Gasteiger partial charge in [-0.25, -0.2) is 9.97 Å². The second kappa shape index (κ2) is 6.00. The van der Waals surface area contributed by atoms with Crippen LogP contribution in [0.15, 0.2) is 24.8 Å². The number of carbonyl (C=O) groups is 1. The van der Waals surface area contributed by atoms with Crippen LogP contribution in [-0.4, -0.2) is 38.6 Å². The van der Waals surface area contributed by atoms with E-state index in [4.69, 9.17) is 4.74 Å². The Morgan fingerprint density at radius 2 is 2.36 bits per heavy atom. The number of carbonyl (C=O) groups excluding carboxylic acids is 1. The third kappa shape index (κ3) is 2.85. The Hall–Kier alpha value is -2.64. The van der Waals surface area contributed by atoms with Gasteiger partial charge >= 0.3 is 0 Å². The van der Waals surface area contributed by atoms with Crippen molar-refractivity contribution >= 4 is 11.9 Å². The minimum Gasteiger partial charge on any atom is -0.481 e. The van der Waals surface area contributed by atoms with Gasteiger partial charge in [0.1, 0.15) is 0 Å². The van der Waals surface area contributed by atoms with Crippen molar-refractivity contribution < 1.29 is 9.53 Å². The number of piperidine rings is 1. The summed E-state index contributed by atoms with van der Waals surface area (Å²) in [6.45, 7) is 0. The molecule has 1 amide bonds. The summed E-state index contributed by atoms with van der Waals surface area (Å²) >= 11 is 0. The zero-order chi connectivity index (χ0) is 15.5. The van der Waals surface area contributed by atoms with E-state index in [2.05, 4.69) is 25.6 Å². The van der Waals surface area contributed by atoms with E-state index >= 15 is 0 Å². The molecule has 0 saturated carbocycles. The molecular formula is C14H18N6O2. The van der Waals surface area contributed by atoms with Crippen LogP contribution in [0.1, 0.15) is 24.6 Å². The summed E-state index contributed by atoms with van der Waals surface area (Å²) in [5, 5.41) is 6.29. The number of nitrogens with zero attached hydrogens (tertiary/aromatic N) is 4. The van der Waals surface area contributed by atoms with Gasteiger partial charge in [-0.15, -0.1) is 0 Å². The average Bonchev–Trinajstić information content (AvgIpc) is 2.95. The minimum absolute atomic E-state index is 0.0137. The fourth-order valence-corrected chi connectivity index (χ4v) is 2.59. The Morgan fingerprint density at radius 1 is 1.50 bits per heavy atom. The van der Waals surface area contributed by atoms with Crippen LogP contribution in [0.25, 0.3) is 0 Å². The number of ether oxygens (including phenoxy) is 1. The molecule has 2 N–H and O–H groups in total. The maximum atomic E-state index is 11.8. The van der Waals surface area contributed by atoms with Gasteiger partial charge in [0.15, 0.2) is 0 Å². The van der Waals surface area contributed by atoms with E-state index in [9.17, 15) is 4.79 Å². The number of methoxy groups -OCH3 is 1. The van der Waals surface area contributed by atoms with Crippen molar-refractivity contribution in [3.63, 3.8) is 0 Å². The van der Waals surface area contributed by atoms with E-state index in [-0.39, 0.29) is 18.0 Å². The number of anilines is 1. The van der Waals surface area contributed by atoms with Gasteiger partial charge in [0.05, 0.1) is 37.4 Å². The highest BCUT2D eigenvalue weighted by atomic mass is 16.5. The first-order chi connectivity index (χ1) is 10.7. The van der Waals surface area contributed by atoms with Crippen LogP contribution in [0.5, 0.6) is 5.88 Å². The molecule has 3 heterocycles. The van der Waals surface area contributed by atoms with Crippen molar-refractivity contribution in [1.29, 1.82) is 0 Å². The van der Waals surface area contributed by atoms with Gasteiger partial charge in [0.2, 0.25) is 17.7 Å². The third-order valence-corrected chi connectivity index (χ3v) is 3.73. The van der Waals surface area contributed by atoms with E-state index in [0.29, 0.717) is 24.7 Å². The summed E-state index contributed by atoms with van der Waals surface area (Å²) in [4.78, 5) is 24.3. The van der Waals surface area contributed by atoms with E-state index in [1.165, 1.54) is 0 Å². The van der Waals surface area contributed by atoms with E-state index in [1.807, 2.05) is 11.6 Å². The average molecular weight is 302 g/mol. The maximum Gasteiger partial charge on any atom is 0.226 e. The Kier molecular flexibility index (Phi) is 3.90. The SMILES string of the molecule is COc1ccnc(N[C@@H]2CCC(=O)N[C@H]2c2cncn2C)n1. The van der Waals surface area contributed by atoms with Crippen molar-refractivity contribution in [3.05, 3.63) is 30.5 Å². The topological polar surface area (TPSA) is 94.0 Å². The van der Waals surface area contributed by atoms with Crippen LogP contribution in [-0.2, 0) is 11.8 Å². The first kappa shape index (κ1) is 14.3. The molecule has 1 fully saturated rings. The number of hydrogen-bond donors (Lipinski definition) is 2. The van der Waals surface area contributed by atoms with E-state index < -0.39 is 0 Å². The molecule has 0 unspecified atom stereocenters. The van der Waals surface area contributed by atoms with Gasteiger partial charge in [-0.05, 0) is 6.42 Å². The molecule has 1 aliphatic heterocycles. The molecule has 0 spiro atoms. The predicted octanol–water partition coefficient (Wildman–Crippen LogP) is 0.650. The molecule has 0 aliphatic carbocycles. The number of aromatic nitrogens is 4. The highest BCUT2D eigenvalue weighted by molar-refractivity contribution is 5.77. The summed E-state index contributed by atoms with van der Waals surface area (Å²) in [6, 6.07) is 1.50. The lowest BCUT2D eigenvalue weighted by molar-refractivity contribution is -0.123. The van der Waals surface area contributed by atoms with E-state index in [0.717, 1.165) is 5.69 Å². The van der Waals surface area contributed by atoms with Crippen LogP contribution < -0.4 is 15.4 Å². The smallest absolute Gasteiger partial charge is 0.226 e. The molecule has 8 heteroatoms. The van der Waals surface area contributed by atoms with Gasteiger partial charge in [0.25, 0.3) is 0 Å². The molecule has 2 atom stereocenters. The molecule has 2 aromatic heterocycles. The van der Waals surface area contributed by atoms with Crippen molar-refractivity contribution in [2.75, 3.05) is 12.4 Å². The van der Waals surface area contributed by atoms with Crippen molar-refractivity contribution in [2.24, 2.45) is 7.05 Å². The summed E-state index contributed by atoms with van der Waals surface area (Å²) in [7, 11) is 3.47. The molecule has 0 radical (unpaired) electrons. The van der Waals surface area contributed by atoms with Crippen LogP contribution in [0.2, 0.25) is 0 Å². The third-order valence-electron chi connectivity index (χ3n) is 3.73. The zero-order valence-corrected chi connectivity index (χ0v) is 12.5. The number of aryl methyl sites for hydroxylation is 1. The number of imidazole rings is 1. The first-order valence-electron chi connectivity index (χ1n) is 7.06. The Bertz CT molecular complexity index is 671. The minimum atomic E-state index is -0.177. The van der Waals surface area contributed by atoms with Crippen LogP contribution >= 0.6 is 0 Å². The largest absolute Gasteiger partial charge is 0.481 e. The fourth-order valence-electron chi connectivity index (χ4n) is 2.59. The Morgan fingerprint density at radius 3 is 3.09 bits per heavy atom. The lowest BCUT2D eigenvalue weighted by atomic mass is 9.95. The monoisotopic (exact) mass is 302 g/mol. The van der Waals surface area contributed by atoms with Gasteiger partial charge < -0.3 is 19.9 Å². The normalized spacial score (nSPS) is 21.3. The molecule has 0 aromatic carbocycles. The number of nitrogens with one attached hydrogen (secondary N) is 2. The molecule has 22 heavy (non-hydrogen) atoms. The quantitative estimate of drug-likeness (QED) is 0.861. The second-order valence-corrected chi connectivity index (χ2v) is 5.19. The molecule has 8 nitrogen and oxygen atoms in total. The molecule has 1 saturated heterocycles. The van der Waals surface area contributed by atoms with Gasteiger partial charge in [0, 0.05) is 25.7 Å². The summed E-state index contributed by atoms with van der Waals surface area (Å²) in [5.41, 5.74) is 0.938. The van der Waals surface area contributed by atoms with Crippen molar-refractivity contribution in [1.82, 2.24) is 24.8 Å². The molecule has 1 aliphatic rings. The summed E-state index contributed by atoms with van der Waals surface area (Å²) in [6.07, 6.45) is 6.28.